The molecular formula is C26H23IN2O4S. The van der Waals surface area contributed by atoms with Crippen LogP contribution in [-0.2, 0) is 0 Å². The Balaban J connectivity index is 1.84. The van der Waals surface area contributed by atoms with Crippen molar-refractivity contribution in [2.75, 3.05) is 14.2 Å². The molecule has 4 aromatic rings. The highest BCUT2D eigenvalue weighted by Gasteiger charge is 2.26. The maximum absolute atomic E-state index is 13.7. The standard InChI is InChI=1S/C26H23IN2O4S/c1-16-7-9-18(22(14-16)32-3)25(30)21-6-5-12-28(21)20-11-13-29(34-27)24(20)26(31)19-10-8-17(2)15-23(19)33-4/h5-15H,1-4H3. The summed E-state index contributed by atoms with van der Waals surface area (Å²) in [6.45, 7) is 3.89. The number of rotatable bonds is 8. The first-order valence-corrected chi connectivity index (χ1v) is 13.8. The van der Waals surface area contributed by atoms with Gasteiger partial charge >= 0.3 is 0 Å². The fourth-order valence-electron chi connectivity index (χ4n) is 3.89. The van der Waals surface area contributed by atoms with Gasteiger partial charge < -0.3 is 14.0 Å². The lowest BCUT2D eigenvalue weighted by atomic mass is 10.0. The Morgan fingerprint density at radius 3 is 1.97 bits per heavy atom. The minimum atomic E-state index is -0.193. The molecular weight excluding hydrogens is 563 g/mol. The fourth-order valence-corrected chi connectivity index (χ4v) is 5.22. The molecule has 0 N–H and O–H groups in total. The van der Waals surface area contributed by atoms with Crippen LogP contribution in [0.25, 0.3) is 5.69 Å². The second-order valence-corrected chi connectivity index (χ2v) is 9.49. The molecule has 0 aliphatic carbocycles. The monoisotopic (exact) mass is 586 g/mol. The van der Waals surface area contributed by atoms with E-state index in [9.17, 15) is 9.59 Å². The number of ether oxygens (including phenoxy) is 2. The van der Waals surface area contributed by atoms with Crippen molar-refractivity contribution >= 4 is 41.9 Å². The molecule has 0 amide bonds. The van der Waals surface area contributed by atoms with Crippen LogP contribution in [0.4, 0.5) is 0 Å². The Morgan fingerprint density at radius 2 is 1.41 bits per heavy atom. The van der Waals surface area contributed by atoms with Gasteiger partial charge in [0, 0.05) is 42.7 Å². The summed E-state index contributed by atoms with van der Waals surface area (Å²) in [5, 5.41) is 0. The molecule has 0 aliphatic rings. The van der Waals surface area contributed by atoms with Crippen LogP contribution in [0.2, 0.25) is 0 Å². The topological polar surface area (TPSA) is 62.5 Å². The molecule has 8 heteroatoms. The van der Waals surface area contributed by atoms with Crippen molar-refractivity contribution in [2.45, 2.75) is 13.8 Å². The molecule has 6 nitrogen and oxygen atoms in total. The molecule has 2 aromatic heterocycles. The van der Waals surface area contributed by atoms with E-state index in [1.165, 1.54) is 9.12 Å². The smallest absolute Gasteiger partial charge is 0.216 e. The van der Waals surface area contributed by atoms with Crippen molar-refractivity contribution in [1.82, 2.24) is 8.54 Å². The zero-order valence-electron chi connectivity index (χ0n) is 19.2. The SMILES string of the molecule is COc1cc(C)ccc1C(=O)c1c(-n2cccc2C(=O)c2ccc(C)cc2OC)ccn1SI. The molecule has 0 spiro atoms. The van der Waals surface area contributed by atoms with Crippen LogP contribution >= 0.6 is 30.3 Å². The number of hydrogen-bond acceptors (Lipinski definition) is 5. The number of carbonyl (C=O) groups excluding carboxylic acids is 2. The van der Waals surface area contributed by atoms with Gasteiger partial charge in [0.1, 0.15) is 17.2 Å². The van der Waals surface area contributed by atoms with Gasteiger partial charge in [-0.2, -0.15) is 0 Å². The first-order chi connectivity index (χ1) is 16.4. The van der Waals surface area contributed by atoms with Crippen LogP contribution in [0, 0.1) is 13.8 Å². The fraction of sp³-hybridized carbons (Fsp3) is 0.154. The summed E-state index contributed by atoms with van der Waals surface area (Å²) in [7, 11) is 4.48. The lowest BCUT2D eigenvalue weighted by Gasteiger charge is -2.14. The van der Waals surface area contributed by atoms with E-state index >= 15 is 0 Å². The molecule has 4 rings (SSSR count). The average Bonchev–Trinajstić information content (AvgIpc) is 3.49. The molecule has 2 heterocycles. The van der Waals surface area contributed by atoms with Crippen LogP contribution in [0.15, 0.2) is 67.0 Å². The van der Waals surface area contributed by atoms with Gasteiger partial charge in [-0.3, -0.25) is 13.6 Å². The minimum Gasteiger partial charge on any atom is -0.496 e. The summed E-state index contributed by atoms with van der Waals surface area (Å²) >= 11 is 2.13. The number of methoxy groups -OCH3 is 2. The average molecular weight is 586 g/mol. The quantitative estimate of drug-likeness (QED) is 0.181. The predicted octanol–water partition coefficient (Wildman–Crippen LogP) is 6.22. The van der Waals surface area contributed by atoms with Crippen molar-refractivity contribution in [3.05, 3.63) is 101 Å². The Kier molecular flexibility index (Phi) is 7.18. The zero-order valence-corrected chi connectivity index (χ0v) is 22.1. The third-order valence-electron chi connectivity index (χ3n) is 5.56. The molecule has 0 saturated carbocycles. The van der Waals surface area contributed by atoms with E-state index in [0.29, 0.717) is 39.7 Å². The first-order valence-electron chi connectivity index (χ1n) is 10.5. The molecule has 0 bridgehead atoms. The van der Waals surface area contributed by atoms with Gasteiger partial charge in [0.05, 0.1) is 36.7 Å². The van der Waals surface area contributed by atoms with Gasteiger partial charge in [0.25, 0.3) is 0 Å². The Hall–Kier alpha value is -2.98. The highest BCUT2D eigenvalue weighted by atomic mass is 127. The Bertz CT molecular complexity index is 1390. The van der Waals surface area contributed by atoms with E-state index in [4.69, 9.17) is 9.47 Å². The molecule has 0 radical (unpaired) electrons. The molecule has 2 aromatic carbocycles. The third kappa shape index (κ3) is 4.39. The van der Waals surface area contributed by atoms with E-state index in [1.807, 2.05) is 50.4 Å². The second-order valence-electron chi connectivity index (χ2n) is 7.77. The summed E-state index contributed by atoms with van der Waals surface area (Å²) in [6, 6.07) is 16.4. The Morgan fingerprint density at radius 1 is 0.824 bits per heavy atom. The maximum Gasteiger partial charge on any atom is 0.216 e. The number of ketones is 2. The molecule has 0 unspecified atom stereocenters. The van der Waals surface area contributed by atoms with Gasteiger partial charge in [-0.05, 0) is 67.4 Å². The maximum atomic E-state index is 13.7. The predicted molar refractivity (Wildman–Crippen MR) is 143 cm³/mol. The number of nitrogens with zero attached hydrogens (tertiary/aromatic N) is 2. The lowest BCUT2D eigenvalue weighted by molar-refractivity contribution is 0.101. The number of hydrogen-bond donors (Lipinski definition) is 0. The minimum absolute atomic E-state index is 0.192. The highest BCUT2D eigenvalue weighted by Crippen LogP contribution is 2.32. The van der Waals surface area contributed by atoms with Crippen LogP contribution in [0.3, 0.4) is 0 Å². The highest BCUT2D eigenvalue weighted by molar-refractivity contribution is 14.2. The molecule has 0 fully saturated rings. The van der Waals surface area contributed by atoms with Crippen LogP contribution in [0.1, 0.15) is 43.2 Å². The molecule has 0 atom stereocenters. The van der Waals surface area contributed by atoms with Crippen molar-refractivity contribution in [3.8, 4) is 17.2 Å². The van der Waals surface area contributed by atoms with Crippen LogP contribution < -0.4 is 9.47 Å². The van der Waals surface area contributed by atoms with E-state index in [1.54, 1.807) is 53.2 Å². The third-order valence-corrected chi connectivity index (χ3v) is 7.29. The van der Waals surface area contributed by atoms with Crippen molar-refractivity contribution in [1.29, 1.82) is 0 Å². The first kappa shape index (κ1) is 24.2. The largest absolute Gasteiger partial charge is 0.496 e. The number of halogens is 1. The zero-order chi connectivity index (χ0) is 24.4. The van der Waals surface area contributed by atoms with Crippen LogP contribution in [-0.4, -0.2) is 34.3 Å². The van der Waals surface area contributed by atoms with Crippen molar-refractivity contribution in [2.24, 2.45) is 0 Å². The Labute approximate surface area is 214 Å². The van der Waals surface area contributed by atoms with Crippen molar-refractivity contribution < 1.29 is 19.1 Å². The molecule has 174 valence electrons. The normalized spacial score (nSPS) is 10.9. The summed E-state index contributed by atoms with van der Waals surface area (Å²) in [4.78, 5) is 27.3. The molecule has 34 heavy (non-hydrogen) atoms. The second kappa shape index (κ2) is 10.1. The van der Waals surface area contributed by atoms with Gasteiger partial charge in [-0.1, -0.05) is 12.1 Å². The number of aryl methyl sites for hydroxylation is 2. The molecule has 0 saturated heterocycles. The summed E-state index contributed by atoms with van der Waals surface area (Å²) < 4.78 is 14.5. The van der Waals surface area contributed by atoms with Crippen molar-refractivity contribution in [3.63, 3.8) is 0 Å². The van der Waals surface area contributed by atoms with E-state index in [-0.39, 0.29) is 11.6 Å². The van der Waals surface area contributed by atoms with Gasteiger partial charge in [-0.25, -0.2) is 0 Å². The van der Waals surface area contributed by atoms with E-state index in [2.05, 4.69) is 21.2 Å². The van der Waals surface area contributed by atoms with Gasteiger partial charge in [-0.15, -0.1) is 0 Å². The van der Waals surface area contributed by atoms with Crippen LogP contribution in [0.5, 0.6) is 11.5 Å². The van der Waals surface area contributed by atoms with Gasteiger partial charge in [0.2, 0.25) is 11.6 Å². The van der Waals surface area contributed by atoms with E-state index < -0.39 is 0 Å². The molecule has 0 aliphatic heterocycles. The number of carbonyl (C=O) groups is 2. The summed E-state index contributed by atoms with van der Waals surface area (Å²) in [5.41, 5.74) is 4.41. The number of benzene rings is 2. The summed E-state index contributed by atoms with van der Waals surface area (Å²) in [5.74, 6) is 0.637. The van der Waals surface area contributed by atoms with E-state index in [0.717, 1.165) is 11.1 Å². The number of aromatic nitrogens is 2. The van der Waals surface area contributed by atoms with Gasteiger partial charge in [0.15, 0.2) is 0 Å². The summed E-state index contributed by atoms with van der Waals surface area (Å²) in [6.07, 6.45) is 3.61. The lowest BCUT2D eigenvalue weighted by Crippen LogP contribution is -2.14.